The van der Waals surface area contributed by atoms with Crippen molar-refractivity contribution in [3.63, 3.8) is 0 Å². The van der Waals surface area contributed by atoms with Gasteiger partial charge >= 0.3 is 0 Å². The van der Waals surface area contributed by atoms with Crippen LogP contribution in [0.1, 0.15) is 34.6 Å². The molecule has 0 aliphatic heterocycles. The summed E-state index contributed by atoms with van der Waals surface area (Å²) in [5.74, 6) is -0.344. The van der Waals surface area contributed by atoms with Crippen LogP contribution in [0.15, 0.2) is 0 Å². The first-order chi connectivity index (χ1) is 7.20. The number of nitrogens with one attached hydrogen (secondary N) is 3. The van der Waals surface area contributed by atoms with E-state index >= 15 is 0 Å². The number of hydrogen-bond donors (Lipinski definition) is 3. The van der Waals surface area contributed by atoms with Gasteiger partial charge in [0.15, 0.2) is 0 Å². The number of carbonyl (C=O) groups excluding carboxylic acids is 2. The van der Waals surface area contributed by atoms with Crippen molar-refractivity contribution in [2.24, 2.45) is 0 Å². The molecule has 0 saturated carbocycles. The maximum Gasteiger partial charge on any atom is 0.239 e. The Kier molecular flexibility index (Phi) is 6.03. The molecule has 5 nitrogen and oxygen atoms in total. The van der Waals surface area contributed by atoms with Gasteiger partial charge < -0.3 is 16.0 Å². The molecule has 0 aliphatic rings. The van der Waals surface area contributed by atoms with Crippen molar-refractivity contribution >= 4 is 11.8 Å². The van der Waals surface area contributed by atoms with Gasteiger partial charge in [0.25, 0.3) is 0 Å². The van der Waals surface area contributed by atoms with E-state index < -0.39 is 0 Å². The SMILES string of the molecule is CC(C)NCC(=O)NCC(=O)NC(C)(C)C. The summed E-state index contributed by atoms with van der Waals surface area (Å²) in [5.41, 5.74) is -0.266. The maximum atomic E-state index is 11.4. The van der Waals surface area contributed by atoms with Gasteiger partial charge in [-0.05, 0) is 20.8 Å². The molecule has 0 aromatic rings. The summed E-state index contributed by atoms with van der Waals surface area (Å²) < 4.78 is 0. The molecule has 0 aromatic heterocycles. The van der Waals surface area contributed by atoms with Crippen LogP contribution in [0, 0.1) is 0 Å². The van der Waals surface area contributed by atoms with Crippen molar-refractivity contribution < 1.29 is 9.59 Å². The molecule has 2 amide bonds. The molecule has 0 aromatic carbocycles. The van der Waals surface area contributed by atoms with E-state index in [2.05, 4.69) is 16.0 Å². The van der Waals surface area contributed by atoms with Crippen LogP contribution < -0.4 is 16.0 Å². The monoisotopic (exact) mass is 229 g/mol. The molecular weight excluding hydrogens is 206 g/mol. The van der Waals surface area contributed by atoms with Gasteiger partial charge in [-0.1, -0.05) is 13.8 Å². The lowest BCUT2D eigenvalue weighted by molar-refractivity contribution is -0.126. The summed E-state index contributed by atoms with van der Waals surface area (Å²) in [6, 6.07) is 0.258. The Bertz CT molecular complexity index is 244. The first kappa shape index (κ1) is 14.9. The molecule has 0 spiro atoms. The lowest BCUT2D eigenvalue weighted by Crippen LogP contribution is -2.47. The van der Waals surface area contributed by atoms with E-state index in [1.807, 2.05) is 34.6 Å². The van der Waals surface area contributed by atoms with Gasteiger partial charge in [0.05, 0.1) is 13.1 Å². The average molecular weight is 229 g/mol. The Morgan fingerprint density at radius 1 is 1.06 bits per heavy atom. The fraction of sp³-hybridized carbons (Fsp3) is 0.818. The zero-order valence-corrected chi connectivity index (χ0v) is 10.8. The van der Waals surface area contributed by atoms with E-state index in [-0.39, 0.29) is 36.5 Å². The number of rotatable bonds is 5. The van der Waals surface area contributed by atoms with E-state index in [0.717, 1.165) is 0 Å². The minimum absolute atomic E-state index is 0.0237. The van der Waals surface area contributed by atoms with Crippen molar-refractivity contribution in [1.82, 2.24) is 16.0 Å². The topological polar surface area (TPSA) is 70.2 Å². The van der Waals surface area contributed by atoms with Crippen molar-refractivity contribution in [1.29, 1.82) is 0 Å². The molecule has 0 unspecified atom stereocenters. The third kappa shape index (κ3) is 9.45. The fourth-order valence-electron chi connectivity index (χ4n) is 1.00. The fourth-order valence-corrected chi connectivity index (χ4v) is 1.00. The highest BCUT2D eigenvalue weighted by atomic mass is 16.2. The zero-order chi connectivity index (χ0) is 12.8. The first-order valence-electron chi connectivity index (χ1n) is 5.52. The minimum atomic E-state index is -0.266. The molecule has 0 aliphatic carbocycles. The quantitative estimate of drug-likeness (QED) is 0.622. The number of carbonyl (C=O) groups is 2. The lowest BCUT2D eigenvalue weighted by atomic mass is 10.1. The van der Waals surface area contributed by atoms with Crippen LogP contribution in [-0.2, 0) is 9.59 Å². The normalized spacial score (nSPS) is 11.4. The Hall–Kier alpha value is -1.10. The first-order valence-corrected chi connectivity index (χ1v) is 5.52. The Morgan fingerprint density at radius 3 is 2.06 bits per heavy atom. The zero-order valence-electron chi connectivity index (χ0n) is 10.8. The summed E-state index contributed by atoms with van der Waals surface area (Å²) in [5, 5.41) is 8.29. The summed E-state index contributed by atoms with van der Waals surface area (Å²) in [6.45, 7) is 9.86. The standard InChI is InChI=1S/C11H23N3O2/c1-8(2)12-6-9(15)13-7-10(16)14-11(3,4)5/h8,12H,6-7H2,1-5H3,(H,13,15)(H,14,16). The van der Waals surface area contributed by atoms with Crippen LogP contribution >= 0.6 is 0 Å². The number of hydrogen-bond acceptors (Lipinski definition) is 3. The summed E-state index contributed by atoms with van der Waals surface area (Å²) in [7, 11) is 0. The van der Waals surface area contributed by atoms with Crippen LogP contribution in [0.2, 0.25) is 0 Å². The molecule has 0 rings (SSSR count). The van der Waals surface area contributed by atoms with E-state index in [1.165, 1.54) is 0 Å². The predicted molar refractivity (Wildman–Crippen MR) is 64.0 cm³/mol. The van der Waals surface area contributed by atoms with Gasteiger partial charge in [-0.15, -0.1) is 0 Å². The Labute approximate surface area is 97.4 Å². The van der Waals surface area contributed by atoms with Gasteiger partial charge in [-0.25, -0.2) is 0 Å². The van der Waals surface area contributed by atoms with Crippen LogP contribution in [0.25, 0.3) is 0 Å². The predicted octanol–water partition coefficient (Wildman–Crippen LogP) is 0.0153. The molecule has 3 N–H and O–H groups in total. The largest absolute Gasteiger partial charge is 0.350 e. The van der Waals surface area contributed by atoms with Crippen molar-refractivity contribution in [3.8, 4) is 0 Å². The summed E-state index contributed by atoms with van der Waals surface area (Å²) in [6.07, 6.45) is 0. The van der Waals surface area contributed by atoms with Gasteiger partial charge in [-0.2, -0.15) is 0 Å². The van der Waals surface area contributed by atoms with Crippen LogP contribution in [0.4, 0.5) is 0 Å². The summed E-state index contributed by atoms with van der Waals surface area (Å²) in [4.78, 5) is 22.6. The second kappa shape index (κ2) is 6.48. The van der Waals surface area contributed by atoms with Crippen molar-refractivity contribution in [3.05, 3.63) is 0 Å². The molecule has 0 atom stereocenters. The lowest BCUT2D eigenvalue weighted by Gasteiger charge is -2.20. The molecule has 0 radical (unpaired) electrons. The molecule has 0 heterocycles. The van der Waals surface area contributed by atoms with Gasteiger partial charge in [0.2, 0.25) is 11.8 Å². The van der Waals surface area contributed by atoms with E-state index in [4.69, 9.17) is 0 Å². The number of amides is 2. The summed E-state index contributed by atoms with van der Waals surface area (Å²) >= 11 is 0. The van der Waals surface area contributed by atoms with Crippen molar-refractivity contribution in [2.75, 3.05) is 13.1 Å². The second-order valence-corrected chi connectivity index (χ2v) is 5.11. The highest BCUT2D eigenvalue weighted by Crippen LogP contribution is 1.96. The maximum absolute atomic E-state index is 11.4. The molecule has 16 heavy (non-hydrogen) atoms. The molecule has 0 fully saturated rings. The van der Waals surface area contributed by atoms with Gasteiger partial charge in [0, 0.05) is 11.6 Å². The third-order valence-corrected chi connectivity index (χ3v) is 1.63. The molecule has 0 bridgehead atoms. The molecule has 0 saturated heterocycles. The average Bonchev–Trinajstić information content (AvgIpc) is 2.08. The van der Waals surface area contributed by atoms with Crippen LogP contribution in [-0.4, -0.2) is 36.5 Å². The molecular formula is C11H23N3O2. The Morgan fingerprint density at radius 2 is 1.62 bits per heavy atom. The minimum Gasteiger partial charge on any atom is -0.350 e. The van der Waals surface area contributed by atoms with Crippen LogP contribution in [0.3, 0.4) is 0 Å². The third-order valence-electron chi connectivity index (χ3n) is 1.63. The van der Waals surface area contributed by atoms with Crippen LogP contribution in [0.5, 0.6) is 0 Å². The van der Waals surface area contributed by atoms with Crippen molar-refractivity contribution in [2.45, 2.75) is 46.2 Å². The Balaban J connectivity index is 3.72. The van der Waals surface area contributed by atoms with E-state index in [1.54, 1.807) is 0 Å². The molecule has 5 heteroatoms. The smallest absolute Gasteiger partial charge is 0.239 e. The van der Waals surface area contributed by atoms with Gasteiger partial charge in [-0.3, -0.25) is 9.59 Å². The highest BCUT2D eigenvalue weighted by molar-refractivity contribution is 5.85. The van der Waals surface area contributed by atoms with E-state index in [0.29, 0.717) is 0 Å². The van der Waals surface area contributed by atoms with E-state index in [9.17, 15) is 9.59 Å². The van der Waals surface area contributed by atoms with Gasteiger partial charge in [0.1, 0.15) is 0 Å². The second-order valence-electron chi connectivity index (χ2n) is 5.11. The molecule has 94 valence electrons. The highest BCUT2D eigenvalue weighted by Gasteiger charge is 2.13.